The number of rotatable bonds is 6. The van der Waals surface area contributed by atoms with Gasteiger partial charge in [0.1, 0.15) is 0 Å². The van der Waals surface area contributed by atoms with Crippen molar-refractivity contribution in [3.63, 3.8) is 0 Å². The first-order valence-corrected chi connectivity index (χ1v) is 6.09. The Balaban J connectivity index is 4.28. The molecule has 0 aromatic rings. The summed E-state index contributed by atoms with van der Waals surface area (Å²) in [6.07, 6.45) is 10.2. The van der Waals surface area contributed by atoms with Crippen LogP contribution in [0.1, 0.15) is 40.0 Å². The van der Waals surface area contributed by atoms with Crippen LogP contribution < -0.4 is 0 Å². The molecule has 0 rings (SSSR count). The van der Waals surface area contributed by atoms with Crippen LogP contribution in [0.25, 0.3) is 0 Å². The fourth-order valence-electron chi connectivity index (χ4n) is 1.16. The van der Waals surface area contributed by atoms with Crippen molar-refractivity contribution in [2.75, 3.05) is 0 Å². The summed E-state index contributed by atoms with van der Waals surface area (Å²) < 4.78 is 0.930. The fraction of sp³-hybridized carbons (Fsp3) is 0.538. The SMILES string of the molecule is C=C(Br)/C=C\C(=C/CCCC)C(C)C. The lowest BCUT2D eigenvalue weighted by atomic mass is 10.0. The summed E-state index contributed by atoms with van der Waals surface area (Å²) in [6.45, 7) is 10.4. The van der Waals surface area contributed by atoms with E-state index < -0.39 is 0 Å². The van der Waals surface area contributed by atoms with Gasteiger partial charge in [-0.25, -0.2) is 0 Å². The van der Waals surface area contributed by atoms with Gasteiger partial charge in [0.25, 0.3) is 0 Å². The van der Waals surface area contributed by atoms with Gasteiger partial charge in [-0.3, -0.25) is 0 Å². The van der Waals surface area contributed by atoms with Crippen LogP contribution in [0.15, 0.2) is 34.9 Å². The minimum Gasteiger partial charge on any atom is -0.0847 e. The summed E-state index contributed by atoms with van der Waals surface area (Å²) in [6, 6.07) is 0. The highest BCUT2D eigenvalue weighted by atomic mass is 79.9. The van der Waals surface area contributed by atoms with Crippen molar-refractivity contribution in [3.05, 3.63) is 34.9 Å². The van der Waals surface area contributed by atoms with Gasteiger partial charge in [-0.2, -0.15) is 0 Å². The van der Waals surface area contributed by atoms with E-state index in [1.54, 1.807) is 0 Å². The molecule has 0 aromatic heterocycles. The van der Waals surface area contributed by atoms with Crippen molar-refractivity contribution in [2.45, 2.75) is 40.0 Å². The average molecular weight is 257 g/mol. The molecular formula is C13H21Br. The third-order valence-corrected chi connectivity index (χ3v) is 2.33. The van der Waals surface area contributed by atoms with E-state index in [1.165, 1.54) is 24.8 Å². The van der Waals surface area contributed by atoms with Gasteiger partial charge in [-0.05, 0) is 24.0 Å². The fourth-order valence-corrected chi connectivity index (χ4v) is 1.29. The van der Waals surface area contributed by atoms with E-state index in [0.717, 1.165) is 4.48 Å². The Hall–Kier alpha value is -0.300. The van der Waals surface area contributed by atoms with Crippen molar-refractivity contribution in [1.29, 1.82) is 0 Å². The molecule has 0 N–H and O–H groups in total. The molecule has 0 bridgehead atoms. The van der Waals surface area contributed by atoms with Crippen LogP contribution in [0.2, 0.25) is 0 Å². The van der Waals surface area contributed by atoms with Gasteiger partial charge in [0.15, 0.2) is 0 Å². The Kier molecular flexibility index (Phi) is 7.87. The monoisotopic (exact) mass is 256 g/mol. The van der Waals surface area contributed by atoms with Crippen molar-refractivity contribution in [2.24, 2.45) is 5.92 Å². The number of halogens is 1. The number of hydrogen-bond acceptors (Lipinski definition) is 0. The largest absolute Gasteiger partial charge is 0.0847 e. The Bertz CT molecular complexity index is 221. The molecule has 80 valence electrons. The lowest BCUT2D eigenvalue weighted by Crippen LogP contribution is -1.90. The van der Waals surface area contributed by atoms with Gasteiger partial charge >= 0.3 is 0 Å². The van der Waals surface area contributed by atoms with Gasteiger partial charge in [-0.15, -0.1) is 0 Å². The zero-order chi connectivity index (χ0) is 11.0. The van der Waals surface area contributed by atoms with Crippen LogP contribution in [0.4, 0.5) is 0 Å². The molecule has 0 unspecified atom stereocenters. The first kappa shape index (κ1) is 13.7. The lowest BCUT2D eigenvalue weighted by molar-refractivity contribution is 0.762. The van der Waals surface area contributed by atoms with Crippen LogP contribution in [0, 0.1) is 5.92 Å². The minimum atomic E-state index is 0.593. The van der Waals surface area contributed by atoms with Gasteiger partial charge in [0, 0.05) is 4.48 Å². The van der Waals surface area contributed by atoms with E-state index in [-0.39, 0.29) is 0 Å². The van der Waals surface area contributed by atoms with Crippen LogP contribution in [0.3, 0.4) is 0 Å². The molecule has 0 aliphatic rings. The second-order valence-corrected chi connectivity index (χ2v) is 4.80. The molecule has 0 amide bonds. The highest BCUT2D eigenvalue weighted by molar-refractivity contribution is 9.11. The standard InChI is InChI=1S/C13H21Br/c1-5-6-7-8-13(11(2)3)10-9-12(4)14/h8-11H,4-7H2,1-3H3/b10-9-,13-8+. The molecule has 14 heavy (non-hydrogen) atoms. The van der Waals surface area contributed by atoms with Crippen LogP contribution in [0.5, 0.6) is 0 Å². The van der Waals surface area contributed by atoms with Gasteiger partial charge in [-0.1, -0.05) is 68.3 Å². The summed E-state index contributed by atoms with van der Waals surface area (Å²) in [5.41, 5.74) is 1.40. The molecule has 0 spiro atoms. The third kappa shape index (κ3) is 7.14. The molecule has 0 saturated heterocycles. The Morgan fingerprint density at radius 3 is 2.43 bits per heavy atom. The third-order valence-electron chi connectivity index (χ3n) is 2.06. The van der Waals surface area contributed by atoms with Crippen molar-refractivity contribution >= 4 is 15.9 Å². The predicted octanol–water partition coefficient (Wildman–Crippen LogP) is 5.22. The van der Waals surface area contributed by atoms with Crippen molar-refractivity contribution < 1.29 is 0 Å². The highest BCUT2D eigenvalue weighted by Gasteiger charge is 1.97. The topological polar surface area (TPSA) is 0 Å². The summed E-state index contributed by atoms with van der Waals surface area (Å²) >= 11 is 3.33. The minimum absolute atomic E-state index is 0.593. The Morgan fingerprint density at radius 2 is 2.00 bits per heavy atom. The summed E-state index contributed by atoms with van der Waals surface area (Å²) in [7, 11) is 0. The average Bonchev–Trinajstić information content (AvgIpc) is 2.10. The van der Waals surface area contributed by atoms with Crippen LogP contribution in [-0.2, 0) is 0 Å². The van der Waals surface area contributed by atoms with Crippen LogP contribution >= 0.6 is 15.9 Å². The summed E-state index contributed by atoms with van der Waals surface area (Å²) in [5.74, 6) is 0.593. The smallest absolute Gasteiger partial charge is 0.0103 e. The molecule has 1 heteroatoms. The number of allylic oxidation sites excluding steroid dienone is 5. The van der Waals surface area contributed by atoms with Crippen LogP contribution in [-0.4, -0.2) is 0 Å². The first-order chi connectivity index (χ1) is 6.57. The Morgan fingerprint density at radius 1 is 1.36 bits per heavy atom. The highest BCUT2D eigenvalue weighted by Crippen LogP contribution is 2.15. The van der Waals surface area contributed by atoms with Gasteiger partial charge in [0.05, 0.1) is 0 Å². The second-order valence-electron chi connectivity index (χ2n) is 3.78. The number of unbranched alkanes of at least 4 members (excludes halogenated alkanes) is 2. The maximum atomic E-state index is 3.79. The zero-order valence-corrected chi connectivity index (χ0v) is 11.1. The summed E-state index contributed by atoms with van der Waals surface area (Å²) in [5, 5.41) is 0. The molecule has 0 aromatic carbocycles. The molecule has 0 saturated carbocycles. The molecule has 0 fully saturated rings. The molecule has 0 nitrogen and oxygen atoms in total. The number of hydrogen-bond donors (Lipinski definition) is 0. The van der Waals surface area contributed by atoms with E-state index in [2.05, 4.69) is 55.4 Å². The second kappa shape index (κ2) is 8.05. The predicted molar refractivity (Wildman–Crippen MR) is 69.7 cm³/mol. The molecule has 0 aliphatic carbocycles. The quantitative estimate of drug-likeness (QED) is 0.452. The Labute approximate surface area is 96.9 Å². The molecule has 0 aliphatic heterocycles. The van der Waals surface area contributed by atoms with Crippen molar-refractivity contribution in [1.82, 2.24) is 0 Å². The van der Waals surface area contributed by atoms with E-state index in [9.17, 15) is 0 Å². The van der Waals surface area contributed by atoms with Crippen molar-refractivity contribution in [3.8, 4) is 0 Å². The van der Waals surface area contributed by atoms with E-state index in [0.29, 0.717) is 5.92 Å². The molecule has 0 heterocycles. The van der Waals surface area contributed by atoms with Gasteiger partial charge < -0.3 is 0 Å². The summed E-state index contributed by atoms with van der Waals surface area (Å²) in [4.78, 5) is 0. The van der Waals surface area contributed by atoms with E-state index in [1.807, 2.05) is 6.08 Å². The molecule has 0 radical (unpaired) electrons. The normalized spacial score (nSPS) is 12.8. The van der Waals surface area contributed by atoms with Gasteiger partial charge in [0.2, 0.25) is 0 Å². The first-order valence-electron chi connectivity index (χ1n) is 5.30. The molecule has 0 atom stereocenters. The van der Waals surface area contributed by atoms with E-state index in [4.69, 9.17) is 0 Å². The van der Waals surface area contributed by atoms with E-state index >= 15 is 0 Å². The zero-order valence-electron chi connectivity index (χ0n) is 9.52. The molecular weight excluding hydrogens is 236 g/mol. The maximum absolute atomic E-state index is 3.79. The maximum Gasteiger partial charge on any atom is 0.0103 e. The lowest BCUT2D eigenvalue weighted by Gasteiger charge is -2.06.